The molecule has 1 saturated heterocycles. The van der Waals surface area contributed by atoms with Gasteiger partial charge in [0.05, 0.1) is 4.92 Å². The molecule has 1 heterocycles. The maximum Gasteiger partial charge on any atom is 0.325 e. The number of nitro benzene ring substituents is 1. The van der Waals surface area contributed by atoms with E-state index in [0.717, 1.165) is 24.3 Å². The zero-order valence-electron chi connectivity index (χ0n) is 15.2. The third kappa shape index (κ3) is 3.79. The Hall–Kier alpha value is -3.60. The molecule has 1 unspecified atom stereocenters. The van der Waals surface area contributed by atoms with E-state index in [9.17, 15) is 33.3 Å². The van der Waals surface area contributed by atoms with Crippen LogP contribution >= 0.6 is 11.6 Å². The highest BCUT2D eigenvalue weighted by Gasteiger charge is 2.49. The number of carbonyl (C=O) groups excluding carboxylic acids is 3. The van der Waals surface area contributed by atoms with Crippen molar-refractivity contribution in [2.45, 2.75) is 12.5 Å². The number of hydrogen-bond acceptors (Lipinski definition) is 5. The molecule has 2 N–H and O–H groups in total. The number of halogens is 3. The topological polar surface area (TPSA) is 122 Å². The summed E-state index contributed by atoms with van der Waals surface area (Å²) < 4.78 is 26.8. The van der Waals surface area contributed by atoms with Crippen molar-refractivity contribution in [3.8, 4) is 0 Å². The van der Waals surface area contributed by atoms with Gasteiger partial charge in [0, 0.05) is 11.1 Å². The predicted molar refractivity (Wildman–Crippen MR) is 101 cm³/mol. The molecule has 3 rings (SSSR count). The average Bonchev–Trinajstić information content (AvgIpc) is 2.89. The molecule has 30 heavy (non-hydrogen) atoms. The lowest BCUT2D eigenvalue weighted by Crippen LogP contribution is -2.42. The summed E-state index contributed by atoms with van der Waals surface area (Å²) in [6.45, 7) is 0.519. The van der Waals surface area contributed by atoms with Gasteiger partial charge in [0.1, 0.15) is 17.8 Å². The molecular formula is C18H13ClF2N4O5. The minimum atomic E-state index is -1.72. The summed E-state index contributed by atoms with van der Waals surface area (Å²) in [6.07, 6.45) is 0. The first kappa shape index (κ1) is 21.1. The molecule has 1 fully saturated rings. The second kappa shape index (κ2) is 7.67. The summed E-state index contributed by atoms with van der Waals surface area (Å²) in [5.74, 6) is -4.10. The van der Waals surface area contributed by atoms with Crippen molar-refractivity contribution < 1.29 is 28.1 Å². The summed E-state index contributed by atoms with van der Waals surface area (Å²) in [6, 6.07) is 5.34. The van der Waals surface area contributed by atoms with Gasteiger partial charge in [0.25, 0.3) is 11.6 Å². The Balaban J connectivity index is 1.80. The van der Waals surface area contributed by atoms with Crippen molar-refractivity contribution in [1.82, 2.24) is 10.2 Å². The lowest BCUT2D eigenvalue weighted by Gasteiger charge is -2.22. The molecule has 9 nitrogen and oxygen atoms in total. The molecule has 12 heteroatoms. The van der Waals surface area contributed by atoms with Gasteiger partial charge in [-0.25, -0.2) is 13.6 Å². The third-order valence-electron chi connectivity index (χ3n) is 4.50. The van der Waals surface area contributed by atoms with Gasteiger partial charge in [-0.1, -0.05) is 17.7 Å². The van der Waals surface area contributed by atoms with E-state index in [2.05, 4.69) is 10.6 Å². The van der Waals surface area contributed by atoms with Crippen LogP contribution in [0, 0.1) is 21.7 Å². The largest absolute Gasteiger partial charge is 0.325 e. The average molecular weight is 439 g/mol. The van der Waals surface area contributed by atoms with Gasteiger partial charge in [-0.2, -0.15) is 0 Å². The Morgan fingerprint density at radius 1 is 1.23 bits per heavy atom. The molecule has 4 amide bonds. The lowest BCUT2D eigenvalue weighted by atomic mass is 9.92. The van der Waals surface area contributed by atoms with E-state index in [1.54, 1.807) is 0 Å². The molecule has 0 spiro atoms. The van der Waals surface area contributed by atoms with Crippen molar-refractivity contribution in [3.05, 3.63) is 68.7 Å². The molecule has 1 atom stereocenters. The van der Waals surface area contributed by atoms with Gasteiger partial charge in [-0.3, -0.25) is 24.6 Å². The van der Waals surface area contributed by atoms with Gasteiger partial charge >= 0.3 is 6.03 Å². The van der Waals surface area contributed by atoms with Crippen molar-refractivity contribution in [1.29, 1.82) is 0 Å². The molecule has 1 aliphatic heterocycles. The number of amides is 4. The summed E-state index contributed by atoms with van der Waals surface area (Å²) in [5, 5.41) is 15.8. The number of benzene rings is 2. The van der Waals surface area contributed by atoms with E-state index in [1.807, 2.05) is 0 Å². The predicted octanol–water partition coefficient (Wildman–Crippen LogP) is 2.93. The third-order valence-corrected chi connectivity index (χ3v) is 4.74. The number of anilines is 1. The first-order chi connectivity index (χ1) is 14.0. The smallest absolute Gasteiger partial charge is 0.319 e. The van der Waals surface area contributed by atoms with Crippen LogP contribution in [0.2, 0.25) is 5.02 Å². The van der Waals surface area contributed by atoms with E-state index in [-0.39, 0.29) is 16.3 Å². The monoisotopic (exact) mass is 438 g/mol. The number of hydrogen-bond donors (Lipinski definition) is 2. The van der Waals surface area contributed by atoms with Gasteiger partial charge in [-0.15, -0.1) is 0 Å². The first-order valence-electron chi connectivity index (χ1n) is 8.36. The summed E-state index contributed by atoms with van der Waals surface area (Å²) in [5.41, 5.74) is -2.39. The fraction of sp³-hybridized carbons (Fsp3) is 0.167. The maximum atomic E-state index is 13.6. The Kier molecular flexibility index (Phi) is 5.40. The number of nitro groups is 1. The molecule has 2 aromatic rings. The number of rotatable bonds is 5. The van der Waals surface area contributed by atoms with Gasteiger partial charge < -0.3 is 10.6 Å². The van der Waals surface area contributed by atoms with Crippen LogP contribution in [0.25, 0.3) is 0 Å². The Morgan fingerprint density at radius 2 is 1.93 bits per heavy atom. The second-order valence-electron chi connectivity index (χ2n) is 6.54. The highest BCUT2D eigenvalue weighted by Crippen LogP contribution is 2.30. The van der Waals surface area contributed by atoms with Crippen LogP contribution in [0.1, 0.15) is 12.5 Å². The van der Waals surface area contributed by atoms with Crippen molar-refractivity contribution in [3.63, 3.8) is 0 Å². The van der Waals surface area contributed by atoms with Crippen molar-refractivity contribution in [2.24, 2.45) is 0 Å². The summed E-state index contributed by atoms with van der Waals surface area (Å²) in [7, 11) is 0. The highest BCUT2D eigenvalue weighted by molar-refractivity contribution is 6.31. The highest BCUT2D eigenvalue weighted by atomic mass is 35.5. The number of nitrogens with one attached hydrogen (secondary N) is 2. The molecule has 0 aliphatic carbocycles. The number of carbonyl (C=O) groups is 3. The summed E-state index contributed by atoms with van der Waals surface area (Å²) >= 11 is 5.71. The fourth-order valence-electron chi connectivity index (χ4n) is 2.94. The SMILES string of the molecule is CC1(c2ccc(F)c(F)c2)NC(=O)N(CC(=O)Nc2ccc(Cl)cc2[N+](=O)[O-])C1=O. The second-order valence-corrected chi connectivity index (χ2v) is 6.98. The molecule has 0 bridgehead atoms. The number of urea groups is 1. The zero-order valence-corrected chi connectivity index (χ0v) is 16.0. The zero-order chi connectivity index (χ0) is 22.2. The van der Waals surface area contributed by atoms with Crippen LogP contribution in [-0.4, -0.2) is 34.2 Å². The lowest BCUT2D eigenvalue weighted by molar-refractivity contribution is -0.383. The quantitative estimate of drug-likeness (QED) is 0.422. The Labute approximate surface area is 172 Å². The van der Waals surface area contributed by atoms with Crippen LogP contribution < -0.4 is 10.6 Å². The van der Waals surface area contributed by atoms with Gasteiger partial charge in [0.15, 0.2) is 11.6 Å². The molecule has 0 saturated carbocycles. The first-order valence-corrected chi connectivity index (χ1v) is 8.74. The van der Waals surface area contributed by atoms with E-state index in [4.69, 9.17) is 11.6 Å². The molecule has 2 aromatic carbocycles. The van der Waals surface area contributed by atoms with Crippen LogP contribution in [0.3, 0.4) is 0 Å². The molecule has 0 aromatic heterocycles. The van der Waals surface area contributed by atoms with Gasteiger partial charge in [0.2, 0.25) is 5.91 Å². The number of nitrogens with zero attached hydrogens (tertiary/aromatic N) is 2. The fourth-order valence-corrected chi connectivity index (χ4v) is 3.10. The molecule has 1 aliphatic rings. The van der Waals surface area contributed by atoms with Crippen molar-refractivity contribution in [2.75, 3.05) is 11.9 Å². The van der Waals surface area contributed by atoms with Crippen LogP contribution in [-0.2, 0) is 15.1 Å². The minimum absolute atomic E-state index is 0.0176. The Morgan fingerprint density at radius 3 is 2.57 bits per heavy atom. The normalized spacial score (nSPS) is 18.3. The maximum absolute atomic E-state index is 13.6. The van der Waals surface area contributed by atoms with E-state index < -0.39 is 52.2 Å². The number of imide groups is 1. The van der Waals surface area contributed by atoms with Crippen LogP contribution in [0.15, 0.2) is 36.4 Å². The molecule has 156 valence electrons. The van der Waals surface area contributed by atoms with Crippen LogP contribution in [0.4, 0.5) is 25.0 Å². The van der Waals surface area contributed by atoms with E-state index >= 15 is 0 Å². The van der Waals surface area contributed by atoms with E-state index in [1.165, 1.54) is 19.1 Å². The Bertz CT molecular complexity index is 1100. The van der Waals surface area contributed by atoms with E-state index in [0.29, 0.717) is 4.90 Å². The molecular weight excluding hydrogens is 426 g/mol. The molecule has 0 radical (unpaired) electrons. The van der Waals surface area contributed by atoms with Gasteiger partial charge in [-0.05, 0) is 36.8 Å². The minimum Gasteiger partial charge on any atom is -0.319 e. The van der Waals surface area contributed by atoms with Crippen LogP contribution in [0.5, 0.6) is 0 Å². The standard InChI is InChI=1S/C18H13ClF2N4O5/c1-18(9-2-4-11(20)12(21)6-9)16(27)24(17(28)23-18)8-15(26)22-13-5-3-10(19)7-14(13)25(29)30/h2-7H,8H2,1H3,(H,22,26)(H,23,28). The summed E-state index contributed by atoms with van der Waals surface area (Å²) in [4.78, 5) is 48.3. The van der Waals surface area contributed by atoms with Crippen molar-refractivity contribution >= 4 is 40.8 Å².